The number of amides is 1. The zero-order valence-corrected chi connectivity index (χ0v) is 15.9. The van der Waals surface area contributed by atoms with Gasteiger partial charge in [-0.25, -0.2) is 9.67 Å². The van der Waals surface area contributed by atoms with Gasteiger partial charge in [0.05, 0.1) is 11.9 Å². The van der Waals surface area contributed by atoms with Gasteiger partial charge >= 0.3 is 0 Å². The first-order valence-corrected chi connectivity index (χ1v) is 9.52. The number of hydrogen-bond acceptors (Lipinski definition) is 4. The second-order valence-corrected chi connectivity index (χ2v) is 7.25. The third kappa shape index (κ3) is 2.82. The summed E-state index contributed by atoms with van der Waals surface area (Å²) in [6, 6.07) is 17.5. The Morgan fingerprint density at radius 1 is 1.10 bits per heavy atom. The van der Waals surface area contributed by atoms with Crippen LogP contribution < -0.4 is 10.5 Å². The van der Waals surface area contributed by atoms with Gasteiger partial charge in [-0.3, -0.25) is 14.2 Å². The molecule has 0 saturated carbocycles. The van der Waals surface area contributed by atoms with E-state index >= 15 is 0 Å². The minimum atomic E-state index is -0.273. The van der Waals surface area contributed by atoms with E-state index in [1.54, 1.807) is 9.58 Å². The lowest BCUT2D eigenvalue weighted by atomic mass is 10.1. The summed E-state index contributed by atoms with van der Waals surface area (Å²) in [5.74, 6) is -0.124. The number of nitrogens with zero attached hydrogens (tertiary/aromatic N) is 5. The lowest BCUT2D eigenvalue weighted by Crippen LogP contribution is -2.40. The van der Waals surface area contributed by atoms with Crippen LogP contribution in [-0.4, -0.2) is 31.3 Å². The predicted molar refractivity (Wildman–Crippen MR) is 110 cm³/mol. The summed E-state index contributed by atoms with van der Waals surface area (Å²) in [7, 11) is 0. The number of anilines is 1. The number of benzene rings is 2. The van der Waals surface area contributed by atoms with Crippen molar-refractivity contribution in [2.45, 2.75) is 25.9 Å². The normalized spacial score (nSPS) is 15.6. The van der Waals surface area contributed by atoms with E-state index < -0.39 is 0 Å². The summed E-state index contributed by atoms with van der Waals surface area (Å²) < 4.78 is 2.98. The summed E-state index contributed by atoms with van der Waals surface area (Å²) in [4.78, 5) is 32.2. The zero-order chi connectivity index (χ0) is 20.0. The monoisotopic (exact) mass is 385 g/mol. The third-order valence-electron chi connectivity index (χ3n) is 5.34. The average Bonchev–Trinajstić information content (AvgIpc) is 3.31. The van der Waals surface area contributed by atoms with Crippen molar-refractivity contribution in [2.75, 3.05) is 4.90 Å². The van der Waals surface area contributed by atoms with Crippen LogP contribution in [0, 0.1) is 0 Å². The maximum Gasteiger partial charge on any atom is 0.264 e. The summed E-state index contributed by atoms with van der Waals surface area (Å²) in [6.45, 7) is 1.96. The molecule has 1 atom stereocenters. The quantitative estimate of drug-likeness (QED) is 0.543. The van der Waals surface area contributed by atoms with E-state index in [1.807, 2.05) is 61.5 Å². The summed E-state index contributed by atoms with van der Waals surface area (Å²) >= 11 is 0. The molecular weight excluding hydrogens is 366 g/mol. The van der Waals surface area contributed by atoms with Crippen LogP contribution in [0.3, 0.4) is 0 Å². The molecule has 2 aromatic heterocycles. The number of carbonyl (C=O) groups excluding carboxylic acids is 1. The molecule has 0 spiro atoms. The van der Waals surface area contributed by atoms with Crippen LogP contribution in [0.25, 0.3) is 16.7 Å². The van der Waals surface area contributed by atoms with Crippen LogP contribution in [-0.2, 0) is 17.8 Å². The molecule has 0 unspecified atom stereocenters. The highest BCUT2D eigenvalue weighted by atomic mass is 16.2. The van der Waals surface area contributed by atoms with Gasteiger partial charge in [-0.15, -0.1) is 0 Å². The van der Waals surface area contributed by atoms with Crippen LogP contribution >= 0.6 is 0 Å². The van der Waals surface area contributed by atoms with E-state index in [0.717, 1.165) is 23.4 Å². The summed E-state index contributed by atoms with van der Waals surface area (Å²) in [5, 5.41) is 4.70. The van der Waals surface area contributed by atoms with Crippen molar-refractivity contribution < 1.29 is 4.79 Å². The Labute approximate surface area is 166 Å². The largest absolute Gasteiger partial charge is 0.307 e. The highest BCUT2D eigenvalue weighted by Gasteiger charge is 2.30. The molecule has 0 radical (unpaired) electrons. The fraction of sp³-hybridized carbons (Fsp3) is 0.182. The smallest absolute Gasteiger partial charge is 0.264 e. The first-order chi connectivity index (χ1) is 14.1. The molecule has 2 aromatic carbocycles. The van der Waals surface area contributed by atoms with Crippen molar-refractivity contribution in [3.05, 3.63) is 83.0 Å². The van der Waals surface area contributed by atoms with Crippen LogP contribution in [0.4, 0.5) is 5.69 Å². The van der Waals surface area contributed by atoms with Crippen molar-refractivity contribution in [3.63, 3.8) is 0 Å². The van der Waals surface area contributed by atoms with Gasteiger partial charge in [0.1, 0.15) is 18.3 Å². The van der Waals surface area contributed by atoms with Gasteiger partial charge in [-0.2, -0.15) is 5.10 Å². The van der Waals surface area contributed by atoms with Gasteiger partial charge in [0, 0.05) is 11.7 Å². The second-order valence-electron chi connectivity index (χ2n) is 7.25. The predicted octanol–water partition coefficient (Wildman–Crippen LogP) is 2.56. The molecule has 4 aromatic rings. The standard InChI is InChI=1S/C22H19N5O2/c1-15-11-16-7-5-6-10-19(16)26(15)20(28)13-25-14-23-21-18(22(25)29)12-24-27(21)17-8-3-2-4-9-17/h2-10,12,14-15H,11,13H2,1H3/t15-/m1/s1. The van der Waals surface area contributed by atoms with E-state index in [-0.39, 0.29) is 24.1 Å². The first-order valence-electron chi connectivity index (χ1n) is 9.52. The lowest BCUT2D eigenvalue weighted by Gasteiger charge is -2.23. The van der Waals surface area contributed by atoms with Crippen molar-refractivity contribution in [1.29, 1.82) is 0 Å². The van der Waals surface area contributed by atoms with Crippen LogP contribution in [0.15, 0.2) is 71.9 Å². The highest BCUT2D eigenvalue weighted by molar-refractivity contribution is 5.96. The molecule has 0 bridgehead atoms. The lowest BCUT2D eigenvalue weighted by molar-refractivity contribution is -0.119. The number of hydrogen-bond donors (Lipinski definition) is 0. The second kappa shape index (κ2) is 6.70. The minimum absolute atomic E-state index is 0.0586. The number of carbonyl (C=O) groups is 1. The van der Waals surface area contributed by atoms with Gasteiger partial charge in [0.15, 0.2) is 5.65 Å². The maximum absolute atomic E-state index is 13.0. The molecule has 1 aliphatic heterocycles. The third-order valence-corrected chi connectivity index (χ3v) is 5.34. The minimum Gasteiger partial charge on any atom is -0.307 e. The fourth-order valence-electron chi connectivity index (χ4n) is 3.99. The van der Waals surface area contributed by atoms with Crippen LogP contribution in [0.5, 0.6) is 0 Å². The molecule has 0 N–H and O–H groups in total. The Hall–Kier alpha value is -3.74. The highest BCUT2D eigenvalue weighted by Crippen LogP contribution is 2.31. The van der Waals surface area contributed by atoms with Crippen molar-refractivity contribution in [3.8, 4) is 5.69 Å². The number of fused-ring (bicyclic) bond motifs is 2. The summed E-state index contributed by atoms with van der Waals surface area (Å²) in [6.07, 6.45) is 3.75. The SMILES string of the molecule is C[C@@H]1Cc2ccccc2N1C(=O)Cn1cnc2c(cnn2-c2ccccc2)c1=O. The molecule has 1 aliphatic rings. The molecule has 29 heavy (non-hydrogen) atoms. The number of para-hydroxylation sites is 2. The summed E-state index contributed by atoms with van der Waals surface area (Å²) in [5.41, 5.74) is 3.10. The molecular formula is C22H19N5O2. The van der Waals surface area contributed by atoms with Gasteiger partial charge < -0.3 is 4.90 Å². The van der Waals surface area contributed by atoms with Crippen LogP contribution in [0.1, 0.15) is 12.5 Å². The Morgan fingerprint density at radius 3 is 2.69 bits per heavy atom. The fourth-order valence-corrected chi connectivity index (χ4v) is 3.99. The van der Waals surface area contributed by atoms with E-state index in [2.05, 4.69) is 10.1 Å². The van der Waals surface area contributed by atoms with Gasteiger partial charge in [0.2, 0.25) is 5.91 Å². The number of rotatable bonds is 3. The molecule has 0 saturated heterocycles. The molecule has 1 amide bonds. The Bertz CT molecular complexity index is 1280. The molecule has 7 heteroatoms. The topological polar surface area (TPSA) is 73.0 Å². The van der Waals surface area contributed by atoms with E-state index in [0.29, 0.717) is 11.0 Å². The molecule has 0 aliphatic carbocycles. The molecule has 3 heterocycles. The van der Waals surface area contributed by atoms with Crippen molar-refractivity contribution in [1.82, 2.24) is 19.3 Å². The first kappa shape index (κ1) is 17.4. The molecule has 5 rings (SSSR count). The van der Waals surface area contributed by atoms with E-state index in [1.165, 1.54) is 17.1 Å². The van der Waals surface area contributed by atoms with Crippen molar-refractivity contribution in [2.24, 2.45) is 0 Å². The van der Waals surface area contributed by atoms with Gasteiger partial charge in [-0.05, 0) is 37.1 Å². The molecule has 144 valence electrons. The average molecular weight is 385 g/mol. The maximum atomic E-state index is 13.0. The Morgan fingerprint density at radius 2 is 1.86 bits per heavy atom. The van der Waals surface area contributed by atoms with Gasteiger partial charge in [-0.1, -0.05) is 36.4 Å². The Kier molecular flexibility index (Phi) is 4.01. The van der Waals surface area contributed by atoms with Gasteiger partial charge in [0.25, 0.3) is 5.56 Å². The number of aromatic nitrogens is 4. The zero-order valence-electron chi connectivity index (χ0n) is 15.9. The molecule has 0 fully saturated rings. The van der Waals surface area contributed by atoms with E-state index in [9.17, 15) is 9.59 Å². The molecule has 7 nitrogen and oxygen atoms in total. The Balaban J connectivity index is 1.48. The van der Waals surface area contributed by atoms with Crippen LogP contribution in [0.2, 0.25) is 0 Å². The van der Waals surface area contributed by atoms with Crippen molar-refractivity contribution >= 4 is 22.6 Å². The van der Waals surface area contributed by atoms with E-state index in [4.69, 9.17) is 0 Å².